The molecule has 1 aromatic heterocycles. The van der Waals surface area contributed by atoms with Gasteiger partial charge in [0.2, 0.25) is 5.95 Å². The van der Waals surface area contributed by atoms with Crippen molar-refractivity contribution in [2.24, 2.45) is 5.10 Å². The number of aromatic nitrogens is 2. The van der Waals surface area contributed by atoms with Crippen LogP contribution in [0.5, 0.6) is 0 Å². The highest BCUT2D eigenvalue weighted by molar-refractivity contribution is 7.90. The van der Waals surface area contributed by atoms with Gasteiger partial charge in [-0.25, -0.2) is 8.42 Å². The molecule has 190 valence electrons. The number of hydrogen-bond donors (Lipinski definition) is 4. The minimum atomic E-state index is -3.28. The molecule has 0 aliphatic rings. The summed E-state index contributed by atoms with van der Waals surface area (Å²) >= 11 is 0. The molecule has 9 nitrogen and oxygen atoms in total. The van der Waals surface area contributed by atoms with Gasteiger partial charge in [0.1, 0.15) is 5.82 Å². The van der Waals surface area contributed by atoms with Gasteiger partial charge in [0.05, 0.1) is 22.8 Å². The molecule has 0 saturated heterocycles. The second-order valence-electron chi connectivity index (χ2n) is 8.23. The molecule has 1 heterocycles. The van der Waals surface area contributed by atoms with E-state index in [0.717, 1.165) is 16.8 Å². The van der Waals surface area contributed by atoms with E-state index < -0.39 is 9.84 Å². The molecule has 10 heteroatoms. The van der Waals surface area contributed by atoms with Crippen molar-refractivity contribution in [2.75, 3.05) is 35.5 Å². The summed E-state index contributed by atoms with van der Waals surface area (Å²) in [5, 5.41) is 20.4. The van der Waals surface area contributed by atoms with E-state index in [9.17, 15) is 13.5 Å². The first kappa shape index (κ1) is 25.8. The number of para-hydroxylation sites is 1. The Balaban J connectivity index is 1.75. The maximum atomic E-state index is 11.8. The number of aliphatic hydroxyl groups is 1. The Hall–Kier alpha value is -4.28. The van der Waals surface area contributed by atoms with Crippen LogP contribution >= 0.6 is 0 Å². The maximum absolute atomic E-state index is 11.8. The molecule has 0 radical (unpaired) electrons. The van der Waals surface area contributed by atoms with Crippen LogP contribution in [0.15, 0.2) is 94.9 Å². The molecular formula is C27H28N6O3S. The number of benzene rings is 3. The first-order valence-corrected chi connectivity index (χ1v) is 13.5. The number of sulfone groups is 1. The first-order chi connectivity index (χ1) is 17.8. The van der Waals surface area contributed by atoms with E-state index in [4.69, 9.17) is 4.98 Å². The molecule has 3 aromatic carbocycles. The summed E-state index contributed by atoms with van der Waals surface area (Å²) in [4.78, 5) is 9.62. The molecule has 0 aliphatic heterocycles. The Labute approximate surface area is 216 Å². The molecule has 0 atom stereocenters. The van der Waals surface area contributed by atoms with E-state index in [1.54, 1.807) is 24.3 Å². The van der Waals surface area contributed by atoms with Crippen molar-refractivity contribution in [3.63, 3.8) is 0 Å². The van der Waals surface area contributed by atoms with Gasteiger partial charge in [-0.3, -0.25) is 5.43 Å². The quantitative estimate of drug-likeness (QED) is 0.179. The third kappa shape index (κ3) is 6.69. The monoisotopic (exact) mass is 516 g/mol. The molecule has 37 heavy (non-hydrogen) atoms. The van der Waals surface area contributed by atoms with Crippen molar-refractivity contribution in [1.29, 1.82) is 0 Å². The Morgan fingerprint density at radius 2 is 1.51 bits per heavy atom. The van der Waals surface area contributed by atoms with Crippen LogP contribution in [0.3, 0.4) is 0 Å². The second kappa shape index (κ2) is 11.6. The first-order valence-electron chi connectivity index (χ1n) is 11.6. The molecule has 0 aliphatic carbocycles. The fourth-order valence-corrected chi connectivity index (χ4v) is 4.20. The fourth-order valence-electron chi connectivity index (χ4n) is 3.57. The lowest BCUT2D eigenvalue weighted by molar-refractivity contribution is 0.311. The molecule has 0 unspecified atom stereocenters. The van der Waals surface area contributed by atoms with Crippen molar-refractivity contribution < 1.29 is 13.5 Å². The number of rotatable bonds is 10. The topological polar surface area (TPSA) is 129 Å². The van der Waals surface area contributed by atoms with Crippen molar-refractivity contribution >= 4 is 38.8 Å². The summed E-state index contributed by atoms with van der Waals surface area (Å²) in [6.07, 6.45) is 1.17. The van der Waals surface area contributed by atoms with E-state index in [0.29, 0.717) is 35.4 Å². The Kier molecular flexibility index (Phi) is 8.11. The summed E-state index contributed by atoms with van der Waals surface area (Å²) in [6, 6.07) is 25.8. The van der Waals surface area contributed by atoms with Crippen molar-refractivity contribution in [2.45, 2.75) is 11.8 Å². The van der Waals surface area contributed by atoms with Gasteiger partial charge in [-0.1, -0.05) is 60.7 Å². The molecular weight excluding hydrogens is 488 g/mol. The number of anilines is 4. The van der Waals surface area contributed by atoms with E-state index in [-0.39, 0.29) is 11.5 Å². The summed E-state index contributed by atoms with van der Waals surface area (Å²) in [5.74, 6) is 1.33. The zero-order valence-corrected chi connectivity index (χ0v) is 21.3. The third-order valence-electron chi connectivity index (χ3n) is 5.44. The zero-order chi connectivity index (χ0) is 26.3. The third-order valence-corrected chi connectivity index (χ3v) is 6.56. The van der Waals surface area contributed by atoms with Gasteiger partial charge < -0.3 is 15.7 Å². The van der Waals surface area contributed by atoms with Crippen molar-refractivity contribution in [3.8, 4) is 11.1 Å². The van der Waals surface area contributed by atoms with Gasteiger partial charge in [-0.05, 0) is 42.3 Å². The largest absolute Gasteiger partial charge is 0.395 e. The van der Waals surface area contributed by atoms with E-state index in [2.05, 4.69) is 26.1 Å². The summed E-state index contributed by atoms with van der Waals surface area (Å²) < 4.78 is 23.6. The predicted molar refractivity (Wildman–Crippen MR) is 148 cm³/mol. The molecule has 0 fully saturated rings. The van der Waals surface area contributed by atoms with Gasteiger partial charge in [0.25, 0.3) is 0 Å². The van der Waals surface area contributed by atoms with Gasteiger partial charge in [-0.15, -0.1) is 0 Å². The van der Waals surface area contributed by atoms with Gasteiger partial charge in [0, 0.05) is 18.5 Å². The molecule has 0 amide bonds. The minimum absolute atomic E-state index is 0.0663. The van der Waals surface area contributed by atoms with Crippen LogP contribution in [0.4, 0.5) is 23.3 Å². The average molecular weight is 517 g/mol. The Morgan fingerprint density at radius 3 is 2.14 bits per heavy atom. The lowest BCUT2D eigenvalue weighted by Crippen LogP contribution is -2.12. The van der Waals surface area contributed by atoms with Gasteiger partial charge in [-0.2, -0.15) is 15.1 Å². The molecule has 0 spiro atoms. The SMILES string of the molecule is CC(=NNc1nc(Nc2ccccc2)nc(NCCO)c1-c1ccccc1)c1ccc(S(C)(=O)=O)cc1. The van der Waals surface area contributed by atoms with Crippen molar-refractivity contribution in [1.82, 2.24) is 9.97 Å². The summed E-state index contributed by atoms with van der Waals surface area (Å²) in [7, 11) is -3.28. The zero-order valence-electron chi connectivity index (χ0n) is 20.5. The smallest absolute Gasteiger partial charge is 0.231 e. The number of hydrogen-bond acceptors (Lipinski definition) is 9. The highest BCUT2D eigenvalue weighted by atomic mass is 32.2. The predicted octanol–water partition coefficient (Wildman–Crippen LogP) is 4.53. The standard InChI is InChI=1S/C27H28N6O3S/c1-19(20-13-15-23(16-14-20)37(2,35)36)32-33-26-24(21-9-5-3-6-10-21)25(28-17-18-34)30-27(31-26)29-22-11-7-4-8-12-22/h3-16,34H,17-18H2,1-2H3,(H3,28,29,30,31,33). The Morgan fingerprint density at radius 1 is 0.892 bits per heavy atom. The lowest BCUT2D eigenvalue weighted by atomic mass is 10.1. The van der Waals surface area contributed by atoms with Crippen LogP contribution < -0.4 is 16.1 Å². The van der Waals surface area contributed by atoms with Crippen LogP contribution in [0.2, 0.25) is 0 Å². The van der Waals surface area contributed by atoms with E-state index >= 15 is 0 Å². The molecule has 4 rings (SSSR count). The van der Waals surface area contributed by atoms with Crippen LogP contribution in [-0.4, -0.2) is 48.6 Å². The van der Waals surface area contributed by atoms with Crippen LogP contribution in [0.1, 0.15) is 12.5 Å². The normalized spacial score (nSPS) is 11.7. The highest BCUT2D eigenvalue weighted by Crippen LogP contribution is 2.34. The number of nitrogens with zero attached hydrogens (tertiary/aromatic N) is 3. The Bertz CT molecular complexity index is 1480. The minimum Gasteiger partial charge on any atom is -0.395 e. The molecule has 4 aromatic rings. The average Bonchev–Trinajstić information content (AvgIpc) is 2.91. The number of aliphatic hydroxyl groups excluding tert-OH is 1. The summed E-state index contributed by atoms with van der Waals surface area (Å²) in [6.45, 7) is 2.05. The molecule has 4 N–H and O–H groups in total. The van der Waals surface area contributed by atoms with Crippen LogP contribution in [0.25, 0.3) is 11.1 Å². The number of nitrogens with one attached hydrogen (secondary N) is 3. The molecule has 0 bridgehead atoms. The van der Waals surface area contributed by atoms with Gasteiger partial charge in [0.15, 0.2) is 15.7 Å². The van der Waals surface area contributed by atoms with Crippen LogP contribution in [0, 0.1) is 0 Å². The number of hydrazone groups is 1. The van der Waals surface area contributed by atoms with Crippen LogP contribution in [-0.2, 0) is 9.84 Å². The highest BCUT2D eigenvalue weighted by Gasteiger charge is 2.17. The van der Waals surface area contributed by atoms with E-state index in [1.165, 1.54) is 6.26 Å². The van der Waals surface area contributed by atoms with Crippen molar-refractivity contribution in [3.05, 3.63) is 90.5 Å². The molecule has 0 saturated carbocycles. The second-order valence-corrected chi connectivity index (χ2v) is 10.2. The van der Waals surface area contributed by atoms with Gasteiger partial charge >= 0.3 is 0 Å². The van der Waals surface area contributed by atoms with E-state index in [1.807, 2.05) is 67.6 Å². The maximum Gasteiger partial charge on any atom is 0.231 e. The fraction of sp³-hybridized carbons (Fsp3) is 0.148. The summed E-state index contributed by atoms with van der Waals surface area (Å²) in [5.41, 5.74) is 6.85. The lowest BCUT2D eigenvalue weighted by Gasteiger charge is -2.17.